The first-order chi connectivity index (χ1) is 10.9. The third-order valence-electron chi connectivity index (χ3n) is 3.63. The number of rotatable bonds is 6. The van der Waals surface area contributed by atoms with Gasteiger partial charge in [0, 0.05) is 34.5 Å². The first-order valence-electron chi connectivity index (χ1n) is 6.97. The van der Waals surface area contributed by atoms with E-state index in [1.165, 1.54) is 6.07 Å². The minimum Gasteiger partial charge on any atom is -0.550 e. The van der Waals surface area contributed by atoms with Crippen LogP contribution in [0.4, 0.5) is 5.69 Å². The van der Waals surface area contributed by atoms with Gasteiger partial charge in [-0.3, -0.25) is 4.79 Å². The molecule has 2 aromatic carbocycles. The van der Waals surface area contributed by atoms with Crippen LogP contribution < -0.4 is 15.1 Å². The normalized spacial score (nSPS) is 13.3. The summed E-state index contributed by atoms with van der Waals surface area (Å²) < 4.78 is 27.2. The van der Waals surface area contributed by atoms with Crippen molar-refractivity contribution in [1.29, 1.82) is 0 Å². The molecule has 7 nitrogen and oxygen atoms in total. The number of nitrogens with one attached hydrogen (secondary N) is 2. The lowest BCUT2D eigenvalue weighted by atomic mass is 10.1. The summed E-state index contributed by atoms with van der Waals surface area (Å²) in [6.45, 7) is -0.00354. The van der Waals surface area contributed by atoms with Crippen molar-refractivity contribution in [3.05, 3.63) is 35.9 Å². The number of carbonyl (C=O) groups excluding carboxylic acids is 2. The molecule has 0 saturated heterocycles. The van der Waals surface area contributed by atoms with Crippen LogP contribution in [0.1, 0.15) is 23.2 Å². The molecule has 1 heterocycles. The fraction of sp³-hybridized carbons (Fsp3) is 0.200. The molecule has 1 amide bonds. The molecule has 0 radical (unpaired) electrons. The van der Waals surface area contributed by atoms with E-state index in [4.69, 9.17) is 0 Å². The fourth-order valence-electron chi connectivity index (χ4n) is 2.61. The summed E-state index contributed by atoms with van der Waals surface area (Å²) >= 11 is 0. The molecule has 2 aromatic rings. The lowest BCUT2D eigenvalue weighted by molar-refractivity contribution is -0.305. The van der Waals surface area contributed by atoms with Crippen molar-refractivity contribution in [3.8, 4) is 0 Å². The molecule has 1 aliphatic rings. The maximum Gasteiger partial charge on any atom is 0.256 e. The number of hydrogen-bond acceptors (Lipinski definition) is 5. The van der Waals surface area contributed by atoms with Crippen LogP contribution in [0.2, 0.25) is 0 Å². The third-order valence-corrected chi connectivity index (χ3v) is 5.15. The van der Waals surface area contributed by atoms with E-state index in [-0.39, 0.29) is 30.2 Å². The summed E-state index contributed by atoms with van der Waals surface area (Å²) in [6, 6.07) is 7.87. The number of hydrogen-bond donors (Lipinski definition) is 2. The van der Waals surface area contributed by atoms with Gasteiger partial charge in [0.1, 0.15) is 0 Å². The van der Waals surface area contributed by atoms with Gasteiger partial charge in [-0.15, -0.1) is 0 Å². The molecule has 0 aromatic heterocycles. The number of amides is 1. The van der Waals surface area contributed by atoms with Crippen LogP contribution in [0.25, 0.3) is 10.8 Å². The zero-order valence-corrected chi connectivity index (χ0v) is 12.8. The van der Waals surface area contributed by atoms with Crippen LogP contribution in [-0.2, 0) is 14.8 Å². The van der Waals surface area contributed by atoms with Crippen LogP contribution in [0.5, 0.6) is 0 Å². The zero-order chi connectivity index (χ0) is 16.6. The monoisotopic (exact) mass is 333 g/mol. The SMILES string of the molecule is O=C([O-])CCCNS(=O)(=O)c1ccc2c3c(cccc13)C(=O)N2. The van der Waals surface area contributed by atoms with Gasteiger partial charge in [0.25, 0.3) is 5.91 Å². The topological polar surface area (TPSA) is 115 Å². The van der Waals surface area contributed by atoms with Gasteiger partial charge in [0.2, 0.25) is 10.0 Å². The van der Waals surface area contributed by atoms with Crippen molar-refractivity contribution in [2.24, 2.45) is 0 Å². The van der Waals surface area contributed by atoms with Crippen LogP contribution >= 0.6 is 0 Å². The van der Waals surface area contributed by atoms with Crippen molar-refractivity contribution < 1.29 is 23.1 Å². The van der Waals surface area contributed by atoms with E-state index in [0.29, 0.717) is 22.0 Å². The van der Waals surface area contributed by atoms with Gasteiger partial charge in [0.05, 0.1) is 4.90 Å². The predicted octanol–water partition coefficient (Wildman–Crippen LogP) is 0.214. The molecule has 0 fully saturated rings. The highest BCUT2D eigenvalue weighted by Gasteiger charge is 2.25. The number of benzene rings is 2. The molecule has 1 aliphatic heterocycles. The molecule has 0 atom stereocenters. The highest BCUT2D eigenvalue weighted by Crippen LogP contribution is 2.36. The molecule has 120 valence electrons. The minimum atomic E-state index is -3.81. The Hall–Kier alpha value is -2.45. The second-order valence-electron chi connectivity index (χ2n) is 5.17. The van der Waals surface area contributed by atoms with Gasteiger partial charge in [-0.25, -0.2) is 13.1 Å². The highest BCUT2D eigenvalue weighted by molar-refractivity contribution is 7.89. The molecule has 3 rings (SSSR count). The maximum atomic E-state index is 12.4. The summed E-state index contributed by atoms with van der Waals surface area (Å²) in [6.07, 6.45) is -0.0757. The van der Waals surface area contributed by atoms with E-state index in [9.17, 15) is 23.1 Å². The van der Waals surface area contributed by atoms with E-state index < -0.39 is 16.0 Å². The molecule has 0 unspecified atom stereocenters. The first kappa shape index (κ1) is 15.4. The van der Waals surface area contributed by atoms with E-state index >= 15 is 0 Å². The molecule has 0 aliphatic carbocycles. The van der Waals surface area contributed by atoms with E-state index in [0.717, 1.165) is 0 Å². The number of carbonyl (C=O) groups is 2. The molecule has 0 saturated carbocycles. The average molecular weight is 333 g/mol. The summed E-state index contributed by atoms with van der Waals surface area (Å²) in [7, 11) is -3.81. The second-order valence-corrected chi connectivity index (χ2v) is 6.90. The van der Waals surface area contributed by atoms with Crippen molar-refractivity contribution in [2.45, 2.75) is 17.7 Å². The molecule has 23 heavy (non-hydrogen) atoms. The highest BCUT2D eigenvalue weighted by atomic mass is 32.2. The summed E-state index contributed by atoms with van der Waals surface area (Å²) in [5.74, 6) is -1.49. The number of sulfonamides is 1. The smallest absolute Gasteiger partial charge is 0.256 e. The van der Waals surface area contributed by atoms with Crippen LogP contribution in [0.3, 0.4) is 0 Å². The summed E-state index contributed by atoms with van der Waals surface area (Å²) in [4.78, 5) is 22.3. The zero-order valence-electron chi connectivity index (χ0n) is 12.0. The van der Waals surface area contributed by atoms with Gasteiger partial charge in [-0.2, -0.15) is 0 Å². The Morgan fingerprint density at radius 2 is 2.00 bits per heavy atom. The van der Waals surface area contributed by atoms with Gasteiger partial charge in [-0.1, -0.05) is 12.1 Å². The van der Waals surface area contributed by atoms with Gasteiger partial charge < -0.3 is 15.2 Å². The lowest BCUT2D eigenvalue weighted by Crippen LogP contribution is -2.27. The van der Waals surface area contributed by atoms with Gasteiger partial charge >= 0.3 is 0 Å². The molecular weight excluding hydrogens is 320 g/mol. The number of carboxylic acid groups (broad SMARTS) is 1. The van der Waals surface area contributed by atoms with Crippen molar-refractivity contribution in [3.63, 3.8) is 0 Å². The Bertz CT molecular complexity index is 921. The van der Waals surface area contributed by atoms with Crippen molar-refractivity contribution in [2.75, 3.05) is 11.9 Å². The van der Waals surface area contributed by atoms with Crippen LogP contribution in [0.15, 0.2) is 35.2 Å². The van der Waals surface area contributed by atoms with E-state index in [2.05, 4.69) is 10.0 Å². The second kappa shape index (κ2) is 5.64. The standard InChI is InChI=1S/C15H14N2O5S/c18-13(19)5-2-8-16-23(21,22)12-7-6-11-14-9(12)3-1-4-10(14)15(20)17-11/h1,3-4,6-7,16H,2,5,8H2,(H,17,20)(H,18,19)/p-1. The minimum absolute atomic E-state index is 0.00354. The van der Waals surface area contributed by atoms with E-state index in [1.54, 1.807) is 24.3 Å². The quantitative estimate of drug-likeness (QED) is 0.733. The molecule has 0 bridgehead atoms. The predicted molar refractivity (Wildman–Crippen MR) is 81.3 cm³/mol. The third kappa shape index (κ3) is 2.78. The Morgan fingerprint density at radius 3 is 2.74 bits per heavy atom. The molecule has 2 N–H and O–H groups in total. The van der Waals surface area contributed by atoms with Gasteiger partial charge in [0.15, 0.2) is 0 Å². The summed E-state index contributed by atoms with van der Waals surface area (Å²) in [5, 5.41) is 14.1. The molecular formula is C15H13N2O5S-. The molecule has 0 spiro atoms. The number of anilines is 1. The van der Waals surface area contributed by atoms with Crippen LogP contribution in [0, 0.1) is 0 Å². The average Bonchev–Trinajstić information content (AvgIpc) is 2.82. The first-order valence-corrected chi connectivity index (χ1v) is 8.45. The Balaban J connectivity index is 1.96. The molecule has 8 heteroatoms. The number of carboxylic acids is 1. The van der Waals surface area contributed by atoms with E-state index in [1.807, 2.05) is 0 Å². The fourth-order valence-corrected chi connectivity index (χ4v) is 3.89. The Labute approximate surface area is 132 Å². The van der Waals surface area contributed by atoms with Crippen LogP contribution in [-0.4, -0.2) is 26.8 Å². The lowest BCUT2D eigenvalue weighted by Gasteiger charge is -2.10. The van der Waals surface area contributed by atoms with Crippen molar-refractivity contribution >= 4 is 38.4 Å². The van der Waals surface area contributed by atoms with Gasteiger partial charge in [-0.05, 0) is 31.0 Å². The largest absolute Gasteiger partial charge is 0.550 e. The number of aliphatic carboxylic acids is 1. The Morgan fingerprint density at radius 1 is 1.22 bits per heavy atom. The Kier molecular flexibility index (Phi) is 3.78. The summed E-state index contributed by atoms with van der Waals surface area (Å²) in [5.41, 5.74) is 1.02. The maximum absolute atomic E-state index is 12.4. The van der Waals surface area contributed by atoms with Crippen molar-refractivity contribution in [1.82, 2.24) is 4.72 Å².